The Morgan fingerprint density at radius 1 is 0.871 bits per heavy atom. The minimum Gasteiger partial charge on any atom is -0.299 e. The fourth-order valence-electron chi connectivity index (χ4n) is 10.9. The number of hydrogen-bond donors (Lipinski definition) is 0. The van der Waals surface area contributed by atoms with Gasteiger partial charge in [-0.3, -0.25) is 4.79 Å². The van der Waals surface area contributed by atoms with Gasteiger partial charge in [0.25, 0.3) is 0 Å². The number of Topliss-reactive ketones (excluding diaryl/α,β-unsaturated/α-hetero) is 1. The molecule has 0 amide bonds. The van der Waals surface area contributed by atoms with Gasteiger partial charge in [0.05, 0.1) is 0 Å². The van der Waals surface area contributed by atoms with Gasteiger partial charge >= 0.3 is 0 Å². The molecule has 10 atom stereocenters. The molecule has 5 fully saturated rings. The van der Waals surface area contributed by atoms with E-state index in [4.69, 9.17) is 0 Å². The van der Waals surface area contributed by atoms with Crippen LogP contribution in [0.2, 0.25) is 0 Å². The highest BCUT2D eigenvalue weighted by molar-refractivity contribution is 5.82. The summed E-state index contributed by atoms with van der Waals surface area (Å²) in [5, 5.41) is 0. The zero-order chi connectivity index (χ0) is 22.4. The SMILES string of the molecule is CC(C)[C@H](C)CC[C@@H](C)[C@H]1CC[C@@]2(C)[C@@H]3CC[C@H]4[C@H](C)C(=O)CC[C@@]45C[C@@]35CC[C@]12C. The van der Waals surface area contributed by atoms with Gasteiger partial charge in [0.1, 0.15) is 5.78 Å². The molecule has 0 unspecified atom stereocenters. The van der Waals surface area contributed by atoms with Crippen LogP contribution < -0.4 is 0 Å². The molecule has 176 valence electrons. The summed E-state index contributed by atoms with van der Waals surface area (Å²) in [5.41, 5.74) is 2.25. The highest BCUT2D eigenvalue weighted by Gasteiger charge is 2.81. The minimum atomic E-state index is 0.342. The van der Waals surface area contributed by atoms with Crippen LogP contribution in [0.15, 0.2) is 0 Å². The van der Waals surface area contributed by atoms with Crippen LogP contribution in [0.5, 0.6) is 0 Å². The lowest BCUT2D eigenvalue weighted by molar-refractivity contribution is -0.146. The molecular formula is C30H50O. The summed E-state index contributed by atoms with van der Waals surface area (Å²) in [5.74, 6) is 6.04. The molecule has 5 saturated carbocycles. The van der Waals surface area contributed by atoms with E-state index in [0.29, 0.717) is 39.3 Å². The smallest absolute Gasteiger partial charge is 0.136 e. The second-order valence-corrected chi connectivity index (χ2v) is 14.2. The van der Waals surface area contributed by atoms with E-state index in [0.717, 1.165) is 36.0 Å². The van der Waals surface area contributed by atoms with E-state index < -0.39 is 0 Å². The van der Waals surface area contributed by atoms with Gasteiger partial charge < -0.3 is 0 Å². The molecule has 1 heteroatoms. The molecule has 5 aliphatic carbocycles. The summed E-state index contributed by atoms with van der Waals surface area (Å²) in [7, 11) is 0. The summed E-state index contributed by atoms with van der Waals surface area (Å²) in [6.45, 7) is 17.6. The van der Waals surface area contributed by atoms with Crippen LogP contribution in [0.1, 0.15) is 119 Å². The summed E-state index contributed by atoms with van der Waals surface area (Å²) in [6.07, 6.45) is 15.1. The third kappa shape index (κ3) is 2.76. The fourth-order valence-corrected chi connectivity index (χ4v) is 10.9. The van der Waals surface area contributed by atoms with Gasteiger partial charge in [-0.15, -0.1) is 0 Å². The van der Waals surface area contributed by atoms with Crippen molar-refractivity contribution in [1.29, 1.82) is 0 Å². The average Bonchev–Trinajstić information content (AvgIpc) is 3.31. The van der Waals surface area contributed by atoms with Crippen LogP contribution in [-0.2, 0) is 4.79 Å². The van der Waals surface area contributed by atoms with Crippen LogP contribution in [-0.4, -0.2) is 5.78 Å². The predicted octanol–water partition coefficient (Wildman–Crippen LogP) is 8.31. The van der Waals surface area contributed by atoms with Crippen LogP contribution in [0.25, 0.3) is 0 Å². The van der Waals surface area contributed by atoms with Gasteiger partial charge in [0, 0.05) is 12.3 Å². The Morgan fingerprint density at radius 2 is 1.61 bits per heavy atom. The van der Waals surface area contributed by atoms with Crippen molar-refractivity contribution in [3.63, 3.8) is 0 Å². The minimum absolute atomic E-state index is 0.342. The zero-order valence-corrected chi connectivity index (χ0v) is 21.7. The van der Waals surface area contributed by atoms with Gasteiger partial charge in [-0.05, 0) is 109 Å². The van der Waals surface area contributed by atoms with Crippen molar-refractivity contribution in [2.45, 2.75) is 119 Å². The molecule has 1 nitrogen and oxygen atoms in total. The highest BCUT2D eigenvalue weighted by Crippen LogP contribution is 2.88. The first kappa shape index (κ1) is 22.5. The standard InChI is InChI=1S/C30H50O/c1-19(2)20(3)8-9-21(4)23-12-14-28(7)26-11-10-24-22(5)25(31)13-15-29(24)18-30(26,29)17-16-27(23,28)6/h19-24,26H,8-18H2,1-7H3/t20-,21-,22+,23-,24+,26+,27-,28+,29-,30+/m1/s1. The number of carbonyl (C=O) groups excluding carboxylic acids is 1. The van der Waals surface area contributed by atoms with Crippen molar-refractivity contribution in [3.05, 3.63) is 0 Å². The van der Waals surface area contributed by atoms with E-state index in [1.54, 1.807) is 0 Å². The molecule has 5 aliphatic rings. The first-order chi connectivity index (χ1) is 14.5. The second-order valence-electron chi connectivity index (χ2n) is 14.2. The Labute approximate surface area is 192 Å². The molecule has 0 bridgehead atoms. The van der Waals surface area contributed by atoms with Crippen molar-refractivity contribution in [1.82, 2.24) is 0 Å². The molecule has 31 heavy (non-hydrogen) atoms. The van der Waals surface area contributed by atoms with Crippen molar-refractivity contribution in [3.8, 4) is 0 Å². The maximum absolute atomic E-state index is 12.5. The Hall–Kier alpha value is -0.330. The molecule has 0 saturated heterocycles. The molecular weight excluding hydrogens is 376 g/mol. The highest BCUT2D eigenvalue weighted by atomic mass is 16.1. The van der Waals surface area contributed by atoms with E-state index in [-0.39, 0.29) is 0 Å². The van der Waals surface area contributed by atoms with Gasteiger partial charge in [0.15, 0.2) is 0 Å². The molecule has 0 aromatic rings. The number of hydrogen-bond acceptors (Lipinski definition) is 1. The first-order valence-electron chi connectivity index (χ1n) is 14.1. The Bertz CT molecular complexity index is 739. The normalized spacial score (nSPS) is 52.7. The van der Waals surface area contributed by atoms with E-state index in [1.807, 2.05) is 0 Å². The Morgan fingerprint density at radius 3 is 2.32 bits per heavy atom. The fraction of sp³-hybridized carbons (Fsp3) is 0.967. The van der Waals surface area contributed by atoms with Gasteiger partial charge in [-0.1, -0.05) is 61.3 Å². The zero-order valence-electron chi connectivity index (χ0n) is 21.7. The molecule has 0 aromatic heterocycles. The van der Waals surface area contributed by atoms with E-state index >= 15 is 0 Å². The van der Waals surface area contributed by atoms with Crippen LogP contribution in [0.3, 0.4) is 0 Å². The van der Waals surface area contributed by atoms with Crippen molar-refractivity contribution in [2.75, 3.05) is 0 Å². The quantitative estimate of drug-likeness (QED) is 0.432. The summed E-state index contributed by atoms with van der Waals surface area (Å²) < 4.78 is 0. The monoisotopic (exact) mass is 426 g/mol. The molecule has 0 heterocycles. The molecule has 0 radical (unpaired) electrons. The van der Waals surface area contributed by atoms with Crippen LogP contribution >= 0.6 is 0 Å². The lowest BCUT2D eigenvalue weighted by Gasteiger charge is -2.61. The third-order valence-corrected chi connectivity index (χ3v) is 13.4. The average molecular weight is 427 g/mol. The first-order valence-corrected chi connectivity index (χ1v) is 14.1. The van der Waals surface area contributed by atoms with Crippen molar-refractivity contribution in [2.24, 2.45) is 63.1 Å². The Balaban J connectivity index is 1.37. The second kappa shape index (κ2) is 7.09. The van der Waals surface area contributed by atoms with E-state index in [1.165, 1.54) is 64.2 Å². The van der Waals surface area contributed by atoms with Crippen molar-refractivity contribution < 1.29 is 4.79 Å². The van der Waals surface area contributed by atoms with Gasteiger partial charge in [0.2, 0.25) is 0 Å². The third-order valence-electron chi connectivity index (χ3n) is 13.4. The molecule has 0 aromatic carbocycles. The molecule has 0 aliphatic heterocycles. The maximum atomic E-state index is 12.5. The lowest BCUT2D eigenvalue weighted by atomic mass is 9.43. The maximum Gasteiger partial charge on any atom is 0.136 e. The predicted molar refractivity (Wildman–Crippen MR) is 130 cm³/mol. The Kier molecular flexibility index (Phi) is 5.13. The van der Waals surface area contributed by atoms with E-state index in [2.05, 4.69) is 48.5 Å². The topological polar surface area (TPSA) is 17.1 Å². The number of rotatable bonds is 5. The lowest BCUT2D eigenvalue weighted by Crippen LogP contribution is -2.55. The molecule has 0 N–H and O–H groups in total. The molecule has 2 spiro atoms. The number of carbonyl (C=O) groups is 1. The van der Waals surface area contributed by atoms with Crippen molar-refractivity contribution >= 4 is 5.78 Å². The number of fused-ring (bicyclic) bond motifs is 2. The van der Waals surface area contributed by atoms with Gasteiger partial charge in [-0.2, -0.15) is 0 Å². The van der Waals surface area contributed by atoms with Crippen LogP contribution in [0.4, 0.5) is 0 Å². The molecule has 5 rings (SSSR count). The van der Waals surface area contributed by atoms with E-state index in [9.17, 15) is 4.79 Å². The van der Waals surface area contributed by atoms with Gasteiger partial charge in [-0.25, -0.2) is 0 Å². The largest absolute Gasteiger partial charge is 0.299 e. The summed E-state index contributed by atoms with van der Waals surface area (Å²) in [6, 6.07) is 0. The number of ketones is 1. The summed E-state index contributed by atoms with van der Waals surface area (Å²) >= 11 is 0. The summed E-state index contributed by atoms with van der Waals surface area (Å²) in [4.78, 5) is 12.5. The van der Waals surface area contributed by atoms with Crippen LogP contribution in [0, 0.1) is 63.1 Å².